The number of carbonyl (C=O) groups excluding carboxylic acids is 1. The van der Waals surface area contributed by atoms with Gasteiger partial charge in [-0.15, -0.1) is 0 Å². The summed E-state index contributed by atoms with van der Waals surface area (Å²) in [4.78, 5) is 31.0. The highest BCUT2D eigenvalue weighted by atomic mass is 32.2. The van der Waals surface area contributed by atoms with E-state index in [0.29, 0.717) is 17.3 Å². The molecule has 1 aliphatic heterocycles. The molecule has 1 fully saturated rings. The summed E-state index contributed by atoms with van der Waals surface area (Å²) in [6.07, 6.45) is -0.175. The molecule has 24 heavy (non-hydrogen) atoms. The van der Waals surface area contributed by atoms with Crippen LogP contribution in [-0.2, 0) is 19.4 Å². The van der Waals surface area contributed by atoms with Crippen LogP contribution >= 0.6 is 0 Å². The predicted molar refractivity (Wildman–Crippen MR) is 88.2 cm³/mol. The molecule has 0 radical (unpaired) electrons. The molecule has 0 bridgehead atoms. The standard InChI is InChI=1S/C16H18N2O5S/c1-10(23-14(19)8-11-6-7-24(21,22)9-11)15-17-13-5-3-2-4-12(13)16(20)18-15/h2-5,10-11H,6-9H2,1H3,(H,17,18,20)/t10-,11-/m1/s1. The number of benzene rings is 1. The Hall–Kier alpha value is -2.22. The highest BCUT2D eigenvalue weighted by Gasteiger charge is 2.30. The SMILES string of the molecule is C[C@@H](OC(=O)C[C@H]1CCS(=O)(=O)C1)c1nc2ccccc2c(=O)[nH]1. The molecule has 1 aliphatic rings. The number of sulfone groups is 1. The first kappa shape index (κ1) is 16.6. The van der Waals surface area contributed by atoms with E-state index in [1.54, 1.807) is 31.2 Å². The molecule has 0 spiro atoms. The van der Waals surface area contributed by atoms with Gasteiger partial charge in [-0.25, -0.2) is 13.4 Å². The second kappa shape index (κ2) is 6.35. The van der Waals surface area contributed by atoms with Crippen LogP contribution in [-0.4, -0.2) is 35.9 Å². The van der Waals surface area contributed by atoms with Gasteiger partial charge in [0, 0.05) is 6.42 Å². The molecule has 7 nitrogen and oxygen atoms in total. The molecule has 8 heteroatoms. The largest absolute Gasteiger partial charge is 0.454 e. The quantitative estimate of drug-likeness (QED) is 0.834. The van der Waals surface area contributed by atoms with Crippen molar-refractivity contribution in [3.05, 3.63) is 40.4 Å². The van der Waals surface area contributed by atoms with Crippen molar-refractivity contribution in [1.82, 2.24) is 9.97 Å². The first-order chi connectivity index (χ1) is 11.3. The highest BCUT2D eigenvalue weighted by Crippen LogP contribution is 2.23. The minimum absolute atomic E-state index is 0.0293. The summed E-state index contributed by atoms with van der Waals surface area (Å²) in [5.41, 5.74) is 0.237. The molecular formula is C16H18N2O5S. The third-order valence-corrected chi connectivity index (χ3v) is 5.94. The van der Waals surface area contributed by atoms with Gasteiger partial charge in [-0.1, -0.05) is 12.1 Å². The van der Waals surface area contributed by atoms with Crippen LogP contribution < -0.4 is 5.56 Å². The molecule has 0 aliphatic carbocycles. The van der Waals surface area contributed by atoms with Crippen LogP contribution in [0.5, 0.6) is 0 Å². The van der Waals surface area contributed by atoms with Crippen molar-refractivity contribution in [3.63, 3.8) is 0 Å². The number of H-pyrrole nitrogens is 1. The zero-order chi connectivity index (χ0) is 17.3. The molecular weight excluding hydrogens is 332 g/mol. The summed E-state index contributed by atoms with van der Waals surface area (Å²) < 4.78 is 28.2. The van der Waals surface area contributed by atoms with Crippen molar-refractivity contribution in [2.45, 2.75) is 25.9 Å². The lowest BCUT2D eigenvalue weighted by Crippen LogP contribution is -2.19. The van der Waals surface area contributed by atoms with Gasteiger partial charge in [-0.3, -0.25) is 9.59 Å². The van der Waals surface area contributed by atoms with Crippen molar-refractivity contribution in [2.24, 2.45) is 5.92 Å². The molecule has 2 atom stereocenters. The van der Waals surface area contributed by atoms with Gasteiger partial charge in [-0.05, 0) is 31.4 Å². The van der Waals surface area contributed by atoms with E-state index in [0.717, 1.165) is 0 Å². The normalized spacial score (nSPS) is 20.8. The van der Waals surface area contributed by atoms with Crippen LogP contribution in [0.3, 0.4) is 0 Å². The summed E-state index contributed by atoms with van der Waals surface area (Å²) in [5, 5.41) is 0.468. The third kappa shape index (κ3) is 3.64. The van der Waals surface area contributed by atoms with Gasteiger partial charge in [0.2, 0.25) is 0 Å². The number of aromatic amines is 1. The van der Waals surface area contributed by atoms with E-state index in [4.69, 9.17) is 4.74 Å². The number of para-hydroxylation sites is 1. The van der Waals surface area contributed by atoms with E-state index in [2.05, 4.69) is 9.97 Å². The number of nitrogens with zero attached hydrogens (tertiary/aromatic N) is 1. The monoisotopic (exact) mass is 350 g/mol. The second-order valence-corrected chi connectivity index (χ2v) is 8.30. The maximum atomic E-state index is 12.0. The van der Waals surface area contributed by atoms with Gasteiger partial charge in [0.1, 0.15) is 0 Å². The molecule has 1 saturated heterocycles. The lowest BCUT2D eigenvalue weighted by Gasteiger charge is -2.14. The lowest BCUT2D eigenvalue weighted by molar-refractivity contribution is -0.149. The first-order valence-corrected chi connectivity index (χ1v) is 9.55. The maximum absolute atomic E-state index is 12.0. The van der Waals surface area contributed by atoms with Crippen LogP contribution in [0.1, 0.15) is 31.7 Å². The maximum Gasteiger partial charge on any atom is 0.306 e. The number of nitrogens with one attached hydrogen (secondary N) is 1. The highest BCUT2D eigenvalue weighted by molar-refractivity contribution is 7.91. The van der Waals surface area contributed by atoms with Crippen LogP contribution in [0.4, 0.5) is 0 Å². The Labute approximate surface area is 139 Å². The Morgan fingerprint density at radius 2 is 2.17 bits per heavy atom. The number of fused-ring (bicyclic) bond motifs is 1. The van der Waals surface area contributed by atoms with Crippen molar-refractivity contribution < 1.29 is 17.9 Å². The fraction of sp³-hybridized carbons (Fsp3) is 0.438. The number of ether oxygens (including phenoxy) is 1. The van der Waals surface area contributed by atoms with E-state index in [1.807, 2.05) is 0 Å². The Morgan fingerprint density at radius 1 is 1.42 bits per heavy atom. The molecule has 0 amide bonds. The predicted octanol–water partition coefficient (Wildman–Crippen LogP) is 1.35. The number of aromatic nitrogens is 2. The average molecular weight is 350 g/mol. The van der Waals surface area contributed by atoms with Crippen molar-refractivity contribution in [1.29, 1.82) is 0 Å². The topological polar surface area (TPSA) is 106 Å². The third-order valence-electron chi connectivity index (χ3n) is 4.11. The number of rotatable bonds is 4. The van der Waals surface area contributed by atoms with E-state index >= 15 is 0 Å². The Balaban J connectivity index is 1.69. The second-order valence-electron chi connectivity index (χ2n) is 6.07. The van der Waals surface area contributed by atoms with E-state index in [-0.39, 0.29) is 35.2 Å². The summed E-state index contributed by atoms with van der Waals surface area (Å²) >= 11 is 0. The van der Waals surface area contributed by atoms with E-state index < -0.39 is 21.9 Å². The van der Waals surface area contributed by atoms with Gasteiger partial charge < -0.3 is 9.72 Å². The molecule has 0 unspecified atom stereocenters. The van der Waals surface area contributed by atoms with Crippen LogP contribution in [0.25, 0.3) is 10.9 Å². The number of esters is 1. The summed E-state index contributed by atoms with van der Waals surface area (Å²) in [5.74, 6) is -0.258. The lowest BCUT2D eigenvalue weighted by atomic mass is 10.1. The summed E-state index contributed by atoms with van der Waals surface area (Å²) in [6.45, 7) is 1.62. The van der Waals surface area contributed by atoms with E-state index in [1.165, 1.54) is 0 Å². The number of carbonyl (C=O) groups is 1. The van der Waals surface area contributed by atoms with Gasteiger partial charge in [-0.2, -0.15) is 0 Å². The van der Waals surface area contributed by atoms with Crippen LogP contribution in [0, 0.1) is 5.92 Å². The van der Waals surface area contributed by atoms with Crippen LogP contribution in [0.2, 0.25) is 0 Å². The zero-order valence-electron chi connectivity index (χ0n) is 13.2. The molecule has 1 aromatic carbocycles. The molecule has 1 aromatic heterocycles. The molecule has 0 saturated carbocycles. The summed E-state index contributed by atoms with van der Waals surface area (Å²) in [6, 6.07) is 6.90. The molecule has 3 rings (SSSR count). The molecule has 2 heterocycles. The van der Waals surface area contributed by atoms with Crippen LogP contribution in [0.15, 0.2) is 29.1 Å². The Morgan fingerprint density at radius 3 is 2.88 bits per heavy atom. The number of hydrogen-bond donors (Lipinski definition) is 1. The minimum atomic E-state index is -3.02. The fourth-order valence-electron chi connectivity index (χ4n) is 2.87. The fourth-order valence-corrected chi connectivity index (χ4v) is 4.73. The molecule has 1 N–H and O–H groups in total. The minimum Gasteiger partial charge on any atom is -0.454 e. The van der Waals surface area contributed by atoms with Crippen molar-refractivity contribution in [3.8, 4) is 0 Å². The Bertz CT molecular complexity index is 935. The van der Waals surface area contributed by atoms with Crippen molar-refractivity contribution >= 4 is 26.7 Å². The smallest absolute Gasteiger partial charge is 0.306 e. The summed E-state index contributed by atoms with van der Waals surface area (Å²) in [7, 11) is -3.02. The van der Waals surface area contributed by atoms with Gasteiger partial charge >= 0.3 is 5.97 Å². The Kier molecular flexibility index (Phi) is 4.40. The van der Waals surface area contributed by atoms with Crippen molar-refractivity contribution in [2.75, 3.05) is 11.5 Å². The van der Waals surface area contributed by atoms with Gasteiger partial charge in [0.05, 0.1) is 22.4 Å². The zero-order valence-corrected chi connectivity index (χ0v) is 14.0. The van der Waals surface area contributed by atoms with Gasteiger partial charge in [0.15, 0.2) is 21.8 Å². The first-order valence-electron chi connectivity index (χ1n) is 7.73. The average Bonchev–Trinajstić information content (AvgIpc) is 2.85. The molecule has 2 aromatic rings. The van der Waals surface area contributed by atoms with E-state index in [9.17, 15) is 18.0 Å². The molecule has 128 valence electrons. The number of hydrogen-bond acceptors (Lipinski definition) is 6. The van der Waals surface area contributed by atoms with Gasteiger partial charge in [0.25, 0.3) is 5.56 Å².